The van der Waals surface area contributed by atoms with Crippen molar-refractivity contribution in [1.82, 2.24) is 4.98 Å². The van der Waals surface area contributed by atoms with Gasteiger partial charge in [-0.1, -0.05) is 37.0 Å². The maximum Gasteiger partial charge on any atom is 0.304 e. The third-order valence-corrected chi connectivity index (χ3v) is 7.34. The minimum absolute atomic E-state index is 0.0326. The first kappa shape index (κ1) is 19.7. The summed E-state index contributed by atoms with van der Waals surface area (Å²) < 4.78 is 2.31. The first-order valence-electron chi connectivity index (χ1n) is 9.33. The number of hydrogen-bond donors (Lipinski definition) is 1. The second-order valence-corrected chi connectivity index (χ2v) is 9.51. The van der Waals surface area contributed by atoms with Crippen LogP contribution in [0.5, 0.6) is 0 Å². The zero-order chi connectivity index (χ0) is 20.0. The molecule has 3 heterocycles. The number of rotatable bonds is 5. The van der Waals surface area contributed by atoms with Gasteiger partial charge in [0.15, 0.2) is 5.71 Å². The van der Waals surface area contributed by atoms with Crippen molar-refractivity contribution < 1.29 is 14.5 Å². The van der Waals surface area contributed by atoms with Crippen molar-refractivity contribution in [2.45, 2.75) is 42.8 Å². The molecule has 0 fully saturated rings. The minimum Gasteiger partial charge on any atom is -0.481 e. The van der Waals surface area contributed by atoms with Gasteiger partial charge < -0.3 is 5.11 Å². The van der Waals surface area contributed by atoms with Crippen molar-refractivity contribution in [2.24, 2.45) is 5.92 Å². The zero-order valence-electron chi connectivity index (χ0n) is 15.7. The Kier molecular flexibility index (Phi) is 5.43. The highest BCUT2D eigenvalue weighted by molar-refractivity contribution is 8.00. The monoisotopic (exact) mass is 435 g/mol. The zero-order valence-corrected chi connectivity index (χ0v) is 18.0. The predicted molar refractivity (Wildman–Crippen MR) is 114 cm³/mol. The van der Waals surface area contributed by atoms with Crippen LogP contribution in [0.15, 0.2) is 35.4 Å². The smallest absolute Gasteiger partial charge is 0.304 e. The maximum atomic E-state index is 11.5. The van der Waals surface area contributed by atoms with E-state index >= 15 is 0 Å². The van der Waals surface area contributed by atoms with E-state index < -0.39 is 5.97 Å². The number of benzene rings is 1. The molecule has 2 aliphatic rings. The van der Waals surface area contributed by atoms with Crippen molar-refractivity contribution in [3.8, 4) is 0 Å². The lowest BCUT2D eigenvalue weighted by Gasteiger charge is -2.18. The Labute approximate surface area is 178 Å². The molecular weight excluding hydrogens is 415 g/mol. The minimum atomic E-state index is -0.754. The number of fused-ring (bicyclic) bond motifs is 2. The summed E-state index contributed by atoms with van der Waals surface area (Å²) in [5, 5.41) is 10.5. The standard InChI is InChI=1S/C21H20Cl2N2O2S/c1-11(2)19-18-16(5-7-24-19)25-8-6-12(9-17(26)27)20(25)21(18)28-13-3-4-14(22)15(23)10-13/h3-5,7,10-12,21H,6,8-9H2,1-2H3/p+1. The van der Waals surface area contributed by atoms with Crippen LogP contribution in [0.2, 0.25) is 10.0 Å². The number of aliphatic carboxylic acids is 1. The van der Waals surface area contributed by atoms with E-state index in [4.69, 9.17) is 23.2 Å². The Morgan fingerprint density at radius 1 is 1.32 bits per heavy atom. The Morgan fingerprint density at radius 3 is 2.79 bits per heavy atom. The topological polar surface area (TPSA) is 53.2 Å². The van der Waals surface area contributed by atoms with Gasteiger partial charge in [-0.25, -0.2) is 0 Å². The van der Waals surface area contributed by atoms with Gasteiger partial charge >= 0.3 is 5.97 Å². The van der Waals surface area contributed by atoms with Gasteiger partial charge in [-0.2, -0.15) is 4.58 Å². The Bertz CT molecular complexity index is 990. The van der Waals surface area contributed by atoms with Gasteiger partial charge in [-0.3, -0.25) is 9.78 Å². The van der Waals surface area contributed by atoms with Crippen molar-refractivity contribution in [1.29, 1.82) is 0 Å². The lowest BCUT2D eigenvalue weighted by Crippen LogP contribution is -2.20. The summed E-state index contributed by atoms with van der Waals surface area (Å²) in [6.45, 7) is 5.14. The molecule has 2 atom stereocenters. The van der Waals surface area contributed by atoms with Crippen LogP contribution in [0, 0.1) is 5.92 Å². The SMILES string of the molecule is CC(C)c1nccc2c1C(Sc1ccc(Cl)c(Cl)c1)C1=[N+]2CCC1CC(=O)O. The van der Waals surface area contributed by atoms with E-state index in [0.29, 0.717) is 10.0 Å². The molecule has 0 saturated heterocycles. The van der Waals surface area contributed by atoms with Gasteiger partial charge in [0, 0.05) is 23.6 Å². The first-order valence-corrected chi connectivity index (χ1v) is 11.0. The third-order valence-electron chi connectivity index (χ3n) is 5.36. The molecule has 0 amide bonds. The lowest BCUT2D eigenvalue weighted by molar-refractivity contribution is -0.428. The van der Waals surface area contributed by atoms with Gasteiger partial charge in [-0.05, 0) is 24.1 Å². The number of nitrogens with zero attached hydrogens (tertiary/aromatic N) is 2. The summed E-state index contributed by atoms with van der Waals surface area (Å²) in [5.41, 5.74) is 4.63. The number of carboxylic acids is 1. The molecule has 2 unspecified atom stereocenters. The van der Waals surface area contributed by atoms with Crippen LogP contribution in [0.3, 0.4) is 0 Å². The fourth-order valence-corrected chi connectivity index (χ4v) is 5.98. The van der Waals surface area contributed by atoms with Crippen LogP contribution < -0.4 is 0 Å². The highest BCUT2D eigenvalue weighted by Crippen LogP contribution is 2.51. The van der Waals surface area contributed by atoms with Crippen LogP contribution in [-0.4, -0.2) is 32.9 Å². The summed E-state index contributed by atoms with van der Waals surface area (Å²) in [5.74, 6) is -0.439. The molecule has 7 heteroatoms. The Morgan fingerprint density at radius 2 is 2.11 bits per heavy atom. The molecule has 1 N–H and O–H groups in total. The van der Waals surface area contributed by atoms with Crippen LogP contribution in [-0.2, 0) is 4.79 Å². The third kappa shape index (κ3) is 3.44. The lowest BCUT2D eigenvalue weighted by atomic mass is 9.91. The van der Waals surface area contributed by atoms with E-state index in [2.05, 4.69) is 29.5 Å². The van der Waals surface area contributed by atoms with E-state index in [-0.39, 0.29) is 23.5 Å². The number of pyridine rings is 1. The molecule has 146 valence electrons. The van der Waals surface area contributed by atoms with Gasteiger partial charge in [0.1, 0.15) is 11.8 Å². The molecule has 0 radical (unpaired) electrons. The number of halogens is 2. The molecule has 1 aromatic carbocycles. The number of hydrogen-bond acceptors (Lipinski definition) is 3. The number of aromatic nitrogens is 1. The van der Waals surface area contributed by atoms with Gasteiger partial charge in [0.25, 0.3) is 0 Å². The normalized spacial score (nSPS) is 20.6. The van der Waals surface area contributed by atoms with Gasteiger partial charge in [0.2, 0.25) is 5.69 Å². The van der Waals surface area contributed by atoms with Gasteiger partial charge in [-0.15, -0.1) is 11.8 Å². The molecule has 1 aromatic heterocycles. The fraction of sp³-hybridized carbons (Fsp3) is 0.381. The maximum absolute atomic E-state index is 11.5. The van der Waals surface area contributed by atoms with Crippen LogP contribution in [0.1, 0.15) is 49.1 Å². The largest absolute Gasteiger partial charge is 0.481 e. The number of carbonyl (C=O) groups is 1. The molecule has 0 saturated carbocycles. The summed E-state index contributed by atoms with van der Waals surface area (Å²) in [4.78, 5) is 17.1. The highest BCUT2D eigenvalue weighted by atomic mass is 35.5. The van der Waals surface area contributed by atoms with Crippen molar-refractivity contribution >= 4 is 52.3 Å². The molecule has 28 heavy (non-hydrogen) atoms. The second kappa shape index (κ2) is 7.69. The quantitative estimate of drug-likeness (QED) is 0.590. The molecule has 0 bridgehead atoms. The van der Waals surface area contributed by atoms with E-state index in [9.17, 15) is 9.90 Å². The van der Waals surface area contributed by atoms with Crippen LogP contribution >= 0.6 is 35.0 Å². The molecular formula is C21H21Cl2N2O2S+. The van der Waals surface area contributed by atoms with Gasteiger partial charge in [0.05, 0.1) is 33.6 Å². The summed E-state index contributed by atoms with van der Waals surface area (Å²) >= 11 is 14.0. The average molecular weight is 436 g/mol. The number of carboxylic acid groups (broad SMARTS) is 1. The molecule has 4 nitrogen and oxygen atoms in total. The molecule has 0 spiro atoms. The van der Waals surface area contributed by atoms with Crippen molar-refractivity contribution in [3.05, 3.63) is 51.8 Å². The van der Waals surface area contributed by atoms with E-state index in [1.54, 1.807) is 17.8 Å². The van der Waals surface area contributed by atoms with Crippen LogP contribution in [0.4, 0.5) is 5.69 Å². The average Bonchev–Trinajstić information content (AvgIpc) is 3.17. The highest BCUT2D eigenvalue weighted by Gasteiger charge is 2.49. The van der Waals surface area contributed by atoms with Crippen molar-refractivity contribution in [3.63, 3.8) is 0 Å². The van der Waals surface area contributed by atoms with Crippen LogP contribution in [0.25, 0.3) is 0 Å². The first-order chi connectivity index (χ1) is 13.4. The Balaban J connectivity index is 1.81. The molecule has 2 aliphatic heterocycles. The summed E-state index contributed by atoms with van der Waals surface area (Å²) in [6.07, 6.45) is 2.88. The molecule has 0 aliphatic carbocycles. The second-order valence-electron chi connectivity index (χ2n) is 7.52. The van der Waals surface area contributed by atoms with Crippen molar-refractivity contribution in [2.75, 3.05) is 6.54 Å². The van der Waals surface area contributed by atoms with E-state index in [1.807, 2.05) is 18.3 Å². The summed E-state index contributed by atoms with van der Waals surface area (Å²) in [6, 6.07) is 7.71. The van der Waals surface area contributed by atoms with E-state index in [0.717, 1.165) is 23.6 Å². The molecule has 4 rings (SSSR count). The number of thioether (sulfide) groups is 1. The molecule has 2 aromatic rings. The summed E-state index contributed by atoms with van der Waals surface area (Å²) in [7, 11) is 0. The van der Waals surface area contributed by atoms with E-state index in [1.165, 1.54) is 17.0 Å². The fourth-order valence-electron chi connectivity index (χ4n) is 4.21. The Hall–Kier alpha value is -1.56. The predicted octanol–water partition coefficient (Wildman–Crippen LogP) is 5.94.